The maximum Gasteiger partial charge on any atom is 0.317 e. The molecule has 0 bridgehead atoms. The van der Waals surface area contributed by atoms with E-state index in [-0.39, 0.29) is 6.03 Å². The molecule has 3 heterocycles. The van der Waals surface area contributed by atoms with E-state index >= 15 is 0 Å². The van der Waals surface area contributed by atoms with Crippen LogP contribution in [-0.2, 0) is 21.7 Å². The number of hydrogen-bond donors (Lipinski definition) is 2. The Hall–Kier alpha value is -2.09. The van der Waals surface area contributed by atoms with Gasteiger partial charge in [0.2, 0.25) is 5.91 Å². The van der Waals surface area contributed by atoms with Crippen molar-refractivity contribution in [2.75, 3.05) is 19.6 Å². The molecule has 8 nitrogen and oxygen atoms in total. The first kappa shape index (κ1) is 16.8. The second kappa shape index (κ2) is 6.43. The topological polar surface area (TPSA) is 102 Å². The number of carbonyl (C=O) groups is 2. The third-order valence-electron chi connectivity index (χ3n) is 4.69. The molecule has 3 N–H and O–H groups in total. The van der Waals surface area contributed by atoms with Gasteiger partial charge in [-0.05, 0) is 5.92 Å². The van der Waals surface area contributed by atoms with E-state index in [4.69, 9.17) is 10.5 Å². The molecule has 2 aliphatic heterocycles. The summed E-state index contributed by atoms with van der Waals surface area (Å²) < 4.78 is 8.01. The Morgan fingerprint density at radius 2 is 2.17 bits per heavy atom. The van der Waals surface area contributed by atoms with Crippen LogP contribution in [0.4, 0.5) is 4.79 Å². The lowest BCUT2D eigenvalue weighted by Gasteiger charge is -2.45. The Morgan fingerprint density at radius 1 is 1.46 bits per heavy atom. The van der Waals surface area contributed by atoms with Gasteiger partial charge in [-0.1, -0.05) is 13.8 Å². The normalized spacial score (nSPS) is 22.5. The summed E-state index contributed by atoms with van der Waals surface area (Å²) in [5.74, 6) is 0.767. The minimum atomic E-state index is -0.659. The van der Waals surface area contributed by atoms with E-state index in [1.54, 1.807) is 11.1 Å². The van der Waals surface area contributed by atoms with Crippen molar-refractivity contribution in [1.82, 2.24) is 19.8 Å². The highest BCUT2D eigenvalue weighted by atomic mass is 16.5. The first-order valence-electron chi connectivity index (χ1n) is 8.43. The molecule has 132 valence electrons. The zero-order chi connectivity index (χ0) is 17.3. The predicted octanol–water partition coefficient (Wildman–Crippen LogP) is 0.424. The number of hydrogen-bond acceptors (Lipinski definition) is 4. The fraction of sp³-hybridized carbons (Fsp3) is 0.688. The molecule has 0 saturated carbocycles. The summed E-state index contributed by atoms with van der Waals surface area (Å²) in [7, 11) is 0. The summed E-state index contributed by atoms with van der Waals surface area (Å²) in [6, 6.07) is -0.0517. The lowest BCUT2D eigenvalue weighted by molar-refractivity contribution is -0.169. The average molecular weight is 335 g/mol. The minimum Gasteiger partial charge on any atom is -0.367 e. The van der Waals surface area contributed by atoms with E-state index in [9.17, 15) is 9.59 Å². The number of carbonyl (C=O) groups excluding carboxylic acids is 2. The molecule has 3 amide bonds. The monoisotopic (exact) mass is 335 g/mol. The Bertz CT molecular complexity index is 619. The smallest absolute Gasteiger partial charge is 0.317 e. The molecule has 1 unspecified atom stereocenters. The van der Waals surface area contributed by atoms with Crippen LogP contribution in [0.2, 0.25) is 0 Å². The van der Waals surface area contributed by atoms with Crippen LogP contribution in [0, 0.1) is 5.92 Å². The van der Waals surface area contributed by atoms with Crippen LogP contribution >= 0.6 is 0 Å². The number of urea groups is 1. The van der Waals surface area contributed by atoms with Crippen LogP contribution in [0.15, 0.2) is 12.4 Å². The maximum absolute atomic E-state index is 12.2. The number of ether oxygens (including phenoxy) is 1. The van der Waals surface area contributed by atoms with Gasteiger partial charge in [-0.2, -0.15) is 0 Å². The Balaban J connectivity index is 1.70. The quantitative estimate of drug-likeness (QED) is 0.836. The van der Waals surface area contributed by atoms with Crippen molar-refractivity contribution in [3.63, 3.8) is 0 Å². The summed E-state index contributed by atoms with van der Waals surface area (Å²) >= 11 is 0. The third-order valence-corrected chi connectivity index (χ3v) is 4.69. The third kappa shape index (κ3) is 3.10. The van der Waals surface area contributed by atoms with Gasteiger partial charge in [-0.25, -0.2) is 9.78 Å². The number of fused-ring (bicyclic) bond motifs is 2. The summed E-state index contributed by atoms with van der Waals surface area (Å²) in [4.78, 5) is 30.1. The van der Waals surface area contributed by atoms with E-state index in [0.29, 0.717) is 44.9 Å². The molecular formula is C16H25N5O3. The average Bonchev–Trinajstić information content (AvgIpc) is 3.02. The maximum atomic E-state index is 12.2. The van der Waals surface area contributed by atoms with E-state index in [2.05, 4.69) is 24.1 Å². The van der Waals surface area contributed by atoms with Crippen molar-refractivity contribution in [3.8, 4) is 0 Å². The molecule has 24 heavy (non-hydrogen) atoms. The number of amides is 3. The molecule has 0 aliphatic carbocycles. The highest BCUT2D eigenvalue weighted by Crippen LogP contribution is 2.39. The summed E-state index contributed by atoms with van der Waals surface area (Å²) in [6.45, 7) is 6.29. The Labute approximate surface area is 141 Å². The van der Waals surface area contributed by atoms with Crippen molar-refractivity contribution in [2.45, 2.75) is 44.9 Å². The van der Waals surface area contributed by atoms with Gasteiger partial charge in [0.15, 0.2) is 6.10 Å². The molecule has 1 atom stereocenters. The molecule has 1 saturated heterocycles. The standard InChI is InChI=1S/C16H25N5O3/c1-11(2)9-19-15(23)20-6-3-16(4-7-20)14-18-5-8-21(14)10-12(24-16)13(17)22/h5,8,11-12H,3-4,6-7,9-10H2,1-2H3,(H2,17,22)(H,19,23). The van der Waals surface area contributed by atoms with Crippen LogP contribution in [0.5, 0.6) is 0 Å². The molecule has 1 aromatic heterocycles. The molecule has 0 aromatic carbocycles. The molecule has 1 aromatic rings. The number of nitrogens with two attached hydrogens (primary N) is 1. The number of nitrogens with zero attached hydrogens (tertiary/aromatic N) is 3. The fourth-order valence-electron chi connectivity index (χ4n) is 3.36. The first-order chi connectivity index (χ1) is 11.4. The second-order valence-electron chi connectivity index (χ2n) is 6.97. The van der Waals surface area contributed by atoms with Gasteiger partial charge in [0.1, 0.15) is 11.4 Å². The van der Waals surface area contributed by atoms with Crippen molar-refractivity contribution in [3.05, 3.63) is 18.2 Å². The van der Waals surface area contributed by atoms with Crippen LogP contribution in [0.25, 0.3) is 0 Å². The van der Waals surface area contributed by atoms with Gasteiger partial charge in [0.05, 0.1) is 6.54 Å². The van der Waals surface area contributed by atoms with Gasteiger partial charge in [-0.15, -0.1) is 0 Å². The van der Waals surface area contributed by atoms with Crippen LogP contribution in [0.3, 0.4) is 0 Å². The van der Waals surface area contributed by atoms with Crippen molar-refractivity contribution in [1.29, 1.82) is 0 Å². The SMILES string of the molecule is CC(C)CNC(=O)N1CCC2(CC1)OC(C(N)=O)Cn1ccnc12. The first-order valence-corrected chi connectivity index (χ1v) is 8.43. The van der Waals surface area contributed by atoms with Gasteiger partial charge < -0.3 is 25.3 Å². The van der Waals surface area contributed by atoms with Crippen LogP contribution in [-0.4, -0.2) is 52.1 Å². The molecule has 2 aliphatic rings. The lowest BCUT2D eigenvalue weighted by atomic mass is 9.88. The molecular weight excluding hydrogens is 310 g/mol. The fourth-order valence-corrected chi connectivity index (χ4v) is 3.36. The Morgan fingerprint density at radius 3 is 2.79 bits per heavy atom. The molecule has 0 radical (unpaired) electrons. The number of primary amides is 1. The zero-order valence-corrected chi connectivity index (χ0v) is 14.2. The lowest BCUT2D eigenvalue weighted by Crippen LogP contribution is -2.55. The second-order valence-corrected chi connectivity index (χ2v) is 6.97. The van der Waals surface area contributed by atoms with E-state index in [0.717, 1.165) is 5.82 Å². The van der Waals surface area contributed by atoms with Crippen LogP contribution in [0.1, 0.15) is 32.5 Å². The van der Waals surface area contributed by atoms with Gasteiger partial charge >= 0.3 is 6.03 Å². The van der Waals surface area contributed by atoms with Crippen molar-refractivity contribution >= 4 is 11.9 Å². The van der Waals surface area contributed by atoms with Gasteiger partial charge in [0.25, 0.3) is 0 Å². The number of piperidine rings is 1. The van der Waals surface area contributed by atoms with E-state index in [1.165, 1.54) is 0 Å². The highest BCUT2D eigenvalue weighted by Gasteiger charge is 2.47. The largest absolute Gasteiger partial charge is 0.367 e. The molecule has 3 rings (SSSR count). The summed E-state index contributed by atoms with van der Waals surface area (Å²) in [5.41, 5.74) is 4.81. The molecule has 1 spiro atoms. The van der Waals surface area contributed by atoms with Gasteiger partial charge in [0, 0.05) is 44.9 Å². The number of aromatic nitrogens is 2. The Kier molecular flexibility index (Phi) is 4.49. The number of rotatable bonds is 3. The summed E-state index contributed by atoms with van der Waals surface area (Å²) in [6.07, 6.45) is 4.10. The predicted molar refractivity (Wildman–Crippen MR) is 87.0 cm³/mol. The highest BCUT2D eigenvalue weighted by molar-refractivity contribution is 5.79. The number of imidazole rings is 1. The van der Waals surface area contributed by atoms with Gasteiger partial charge in [-0.3, -0.25) is 4.79 Å². The van der Waals surface area contributed by atoms with Crippen molar-refractivity contribution in [2.24, 2.45) is 11.7 Å². The van der Waals surface area contributed by atoms with E-state index in [1.807, 2.05) is 10.8 Å². The zero-order valence-electron chi connectivity index (χ0n) is 14.2. The van der Waals surface area contributed by atoms with E-state index < -0.39 is 17.6 Å². The molecule has 1 fully saturated rings. The number of likely N-dealkylation sites (tertiary alicyclic amines) is 1. The van der Waals surface area contributed by atoms with Crippen LogP contribution < -0.4 is 11.1 Å². The van der Waals surface area contributed by atoms with Crippen molar-refractivity contribution < 1.29 is 14.3 Å². The number of nitrogens with one attached hydrogen (secondary N) is 1. The summed E-state index contributed by atoms with van der Waals surface area (Å²) in [5, 5.41) is 2.94. The minimum absolute atomic E-state index is 0.0517. The molecule has 8 heteroatoms.